The predicted octanol–water partition coefficient (Wildman–Crippen LogP) is 4.32. The van der Waals surface area contributed by atoms with Crippen molar-refractivity contribution in [3.63, 3.8) is 0 Å². The summed E-state index contributed by atoms with van der Waals surface area (Å²) >= 11 is 6.45. The smallest absolute Gasteiger partial charge is 0.311 e. The molecule has 0 unspecified atom stereocenters. The van der Waals surface area contributed by atoms with Gasteiger partial charge in [-0.1, -0.05) is 49.7 Å². The molecule has 174 valence electrons. The van der Waals surface area contributed by atoms with Gasteiger partial charge in [0.1, 0.15) is 17.0 Å². The van der Waals surface area contributed by atoms with Crippen molar-refractivity contribution in [3.8, 4) is 5.75 Å². The molecule has 1 aliphatic heterocycles. The lowest BCUT2D eigenvalue weighted by Crippen LogP contribution is -2.59. The minimum Gasteiger partial charge on any atom is -0.495 e. The molecule has 1 fully saturated rings. The molecule has 8 heteroatoms. The fourth-order valence-electron chi connectivity index (χ4n) is 4.45. The summed E-state index contributed by atoms with van der Waals surface area (Å²) < 4.78 is 12.6. The van der Waals surface area contributed by atoms with E-state index in [0.29, 0.717) is 29.7 Å². The van der Waals surface area contributed by atoms with Gasteiger partial charge >= 0.3 is 5.97 Å². The summed E-state index contributed by atoms with van der Waals surface area (Å²) in [6.07, 6.45) is 0. The summed E-state index contributed by atoms with van der Waals surface area (Å²) in [6.45, 7) is 4.45. The van der Waals surface area contributed by atoms with Crippen LogP contribution in [0.2, 0.25) is 5.02 Å². The topological polar surface area (TPSA) is 89.8 Å². The molecule has 33 heavy (non-hydrogen) atoms. The fraction of sp³-hybridized carbons (Fsp3) is 0.360. The number of nitrogens with one attached hydrogen (secondary N) is 1. The number of carboxylic acids is 1. The highest BCUT2D eigenvalue weighted by atomic mass is 35.5. The molecule has 4 rings (SSSR count). The van der Waals surface area contributed by atoms with Gasteiger partial charge in [0.05, 0.1) is 36.8 Å². The van der Waals surface area contributed by atoms with Gasteiger partial charge in [0.2, 0.25) is 0 Å². The zero-order valence-electron chi connectivity index (χ0n) is 19.0. The highest BCUT2D eigenvalue weighted by Crippen LogP contribution is 2.36. The Morgan fingerprint density at radius 3 is 2.36 bits per heavy atom. The summed E-state index contributed by atoms with van der Waals surface area (Å²) in [7, 11) is 3.37. The molecule has 2 heterocycles. The maximum Gasteiger partial charge on any atom is 0.311 e. The third-order valence-corrected chi connectivity index (χ3v) is 6.77. The minimum atomic E-state index is -0.848. The van der Waals surface area contributed by atoms with Gasteiger partial charge in [0, 0.05) is 12.4 Å². The number of carboxylic acid groups (broad SMARTS) is 1. The van der Waals surface area contributed by atoms with Crippen LogP contribution in [0.1, 0.15) is 41.4 Å². The zero-order chi connectivity index (χ0) is 23.9. The Bertz CT molecular complexity index is 1210. The van der Waals surface area contributed by atoms with E-state index in [0.717, 1.165) is 22.0 Å². The number of aliphatic carboxylic acids is 1. The lowest BCUT2D eigenvalue weighted by atomic mass is 9.84. The molecular formula is C25H27ClN2O5. The molecule has 2 aromatic carbocycles. The highest BCUT2D eigenvalue weighted by molar-refractivity contribution is 6.37. The van der Waals surface area contributed by atoms with Gasteiger partial charge in [0.15, 0.2) is 0 Å². The van der Waals surface area contributed by atoms with Crippen LogP contribution in [0.4, 0.5) is 0 Å². The van der Waals surface area contributed by atoms with Crippen molar-refractivity contribution in [2.24, 2.45) is 13.0 Å². The molecule has 1 atom stereocenters. The number of nitrogens with zero attached hydrogens (tertiary/aromatic N) is 1. The second-order valence-corrected chi connectivity index (χ2v) is 9.19. The van der Waals surface area contributed by atoms with Crippen LogP contribution >= 0.6 is 11.6 Å². The summed E-state index contributed by atoms with van der Waals surface area (Å²) in [5.41, 5.74) is 2.22. The lowest BCUT2D eigenvalue weighted by molar-refractivity contribution is -0.139. The van der Waals surface area contributed by atoms with E-state index in [1.54, 1.807) is 23.8 Å². The molecule has 7 nitrogen and oxygen atoms in total. The van der Waals surface area contributed by atoms with Crippen LogP contribution in [0.15, 0.2) is 42.5 Å². The Balaban J connectivity index is 1.63. The van der Waals surface area contributed by atoms with Crippen LogP contribution in [0, 0.1) is 5.92 Å². The first-order valence-electron chi connectivity index (χ1n) is 10.7. The Hall–Kier alpha value is -3.03. The van der Waals surface area contributed by atoms with E-state index in [-0.39, 0.29) is 11.8 Å². The SMILES string of the molecule is COc1ccc2c(cc(C(=O)NC3(c4ccc([C@@H](C(=O)O)C(C)C)cc4)COC3)n2C)c1Cl. The van der Waals surface area contributed by atoms with Gasteiger partial charge in [-0.25, -0.2) is 0 Å². The number of halogens is 1. The molecule has 1 amide bonds. The Morgan fingerprint density at radius 1 is 1.18 bits per heavy atom. The van der Waals surface area contributed by atoms with E-state index in [4.69, 9.17) is 21.1 Å². The molecule has 0 spiro atoms. The quantitative estimate of drug-likeness (QED) is 0.536. The summed E-state index contributed by atoms with van der Waals surface area (Å²) in [5, 5.41) is 13.9. The number of amides is 1. The maximum absolute atomic E-state index is 13.3. The predicted molar refractivity (Wildman–Crippen MR) is 126 cm³/mol. The average molecular weight is 471 g/mol. The van der Waals surface area contributed by atoms with Gasteiger partial charge in [0.25, 0.3) is 5.91 Å². The highest BCUT2D eigenvalue weighted by Gasteiger charge is 2.42. The van der Waals surface area contributed by atoms with Gasteiger partial charge in [-0.3, -0.25) is 9.59 Å². The lowest BCUT2D eigenvalue weighted by Gasteiger charge is -2.42. The normalized spacial score (nSPS) is 15.8. The Labute approximate surface area is 197 Å². The number of hydrogen-bond donors (Lipinski definition) is 2. The van der Waals surface area contributed by atoms with E-state index in [9.17, 15) is 14.7 Å². The van der Waals surface area contributed by atoms with Crippen LogP contribution in [0.3, 0.4) is 0 Å². The molecular weight excluding hydrogens is 444 g/mol. The van der Waals surface area contributed by atoms with Crippen molar-refractivity contribution in [2.45, 2.75) is 25.3 Å². The number of carbonyl (C=O) groups is 2. The maximum atomic E-state index is 13.3. The number of benzene rings is 2. The van der Waals surface area contributed by atoms with Crippen LogP contribution in [-0.4, -0.2) is 41.9 Å². The van der Waals surface area contributed by atoms with Crippen molar-refractivity contribution < 1.29 is 24.2 Å². The molecule has 0 saturated carbocycles. The van der Waals surface area contributed by atoms with Crippen LogP contribution < -0.4 is 10.1 Å². The summed E-state index contributed by atoms with van der Waals surface area (Å²) in [5.74, 6) is -1.17. The van der Waals surface area contributed by atoms with Gasteiger partial charge in [-0.2, -0.15) is 0 Å². The Kier molecular flexibility index (Phi) is 6.12. The van der Waals surface area contributed by atoms with Gasteiger partial charge < -0.3 is 24.5 Å². The first-order valence-corrected chi connectivity index (χ1v) is 11.1. The van der Waals surface area contributed by atoms with E-state index < -0.39 is 17.4 Å². The number of hydrogen-bond acceptors (Lipinski definition) is 4. The van der Waals surface area contributed by atoms with E-state index >= 15 is 0 Å². The number of aryl methyl sites for hydroxylation is 1. The van der Waals surface area contributed by atoms with Crippen LogP contribution in [-0.2, 0) is 22.1 Å². The Morgan fingerprint density at radius 2 is 1.85 bits per heavy atom. The fourth-order valence-corrected chi connectivity index (χ4v) is 4.74. The number of fused-ring (bicyclic) bond motifs is 1. The minimum absolute atomic E-state index is 0.0361. The molecule has 0 bridgehead atoms. The molecule has 1 aromatic heterocycles. The second-order valence-electron chi connectivity index (χ2n) is 8.81. The molecule has 0 radical (unpaired) electrons. The van der Waals surface area contributed by atoms with Gasteiger partial charge in [-0.05, 0) is 35.2 Å². The number of carbonyl (C=O) groups excluding carboxylic acids is 1. The molecule has 0 aliphatic carbocycles. The first kappa shape index (κ1) is 23.1. The molecule has 3 aromatic rings. The van der Waals surface area contributed by atoms with Crippen LogP contribution in [0.25, 0.3) is 10.9 Å². The number of rotatable bonds is 7. The van der Waals surface area contributed by atoms with Crippen LogP contribution in [0.5, 0.6) is 5.75 Å². The van der Waals surface area contributed by atoms with Crippen molar-refractivity contribution in [2.75, 3.05) is 20.3 Å². The molecule has 1 aliphatic rings. The standard InChI is InChI=1S/C25H27ClN2O5/c1-14(2)21(24(30)31)15-5-7-16(8-6-15)25(12-33-13-25)27-23(29)19-11-17-18(28(19)3)9-10-20(32-4)22(17)26/h5-11,14,21H,12-13H2,1-4H3,(H,27,29)(H,30,31)/t21-/m0/s1. The molecule has 2 N–H and O–H groups in total. The third-order valence-electron chi connectivity index (χ3n) is 6.38. The van der Waals surface area contributed by atoms with E-state index in [1.165, 1.54) is 0 Å². The van der Waals surface area contributed by atoms with E-state index in [1.807, 2.05) is 51.2 Å². The zero-order valence-corrected chi connectivity index (χ0v) is 19.8. The number of aromatic nitrogens is 1. The number of methoxy groups -OCH3 is 1. The van der Waals surface area contributed by atoms with Crippen molar-refractivity contribution >= 4 is 34.4 Å². The summed E-state index contributed by atoms with van der Waals surface area (Å²) in [4.78, 5) is 25.0. The van der Waals surface area contributed by atoms with E-state index in [2.05, 4.69) is 5.32 Å². The van der Waals surface area contributed by atoms with Crippen molar-refractivity contribution in [1.29, 1.82) is 0 Å². The largest absolute Gasteiger partial charge is 0.495 e. The molecule has 1 saturated heterocycles. The third kappa shape index (κ3) is 3.96. The van der Waals surface area contributed by atoms with Crippen molar-refractivity contribution in [3.05, 3.63) is 64.3 Å². The monoisotopic (exact) mass is 470 g/mol. The summed E-state index contributed by atoms with van der Waals surface area (Å²) in [6, 6.07) is 12.8. The van der Waals surface area contributed by atoms with Crippen molar-refractivity contribution in [1.82, 2.24) is 9.88 Å². The second kappa shape index (κ2) is 8.72. The first-order chi connectivity index (χ1) is 15.7. The number of ether oxygens (including phenoxy) is 2. The average Bonchev–Trinajstić information content (AvgIpc) is 3.08. The van der Waals surface area contributed by atoms with Gasteiger partial charge in [-0.15, -0.1) is 0 Å².